The Balaban J connectivity index is 1.81. The van der Waals surface area contributed by atoms with Crippen LogP contribution in [-0.4, -0.2) is 35.4 Å². The van der Waals surface area contributed by atoms with Crippen molar-refractivity contribution in [3.05, 3.63) is 46.8 Å². The largest absolute Gasteiger partial charge is 0.493 e. The van der Waals surface area contributed by atoms with Gasteiger partial charge in [0.1, 0.15) is 5.75 Å². The molecule has 6 heteroatoms. The number of nitrogens with zero attached hydrogens (tertiary/aromatic N) is 3. The summed E-state index contributed by atoms with van der Waals surface area (Å²) < 4.78 is 7.74. The number of ether oxygens (including phenoxy) is 1. The average Bonchev–Trinajstić information content (AvgIpc) is 2.86. The number of aromatic nitrogens is 2. The number of guanidine groups is 1. The van der Waals surface area contributed by atoms with Gasteiger partial charge in [0, 0.05) is 31.4 Å². The first-order valence-electron chi connectivity index (χ1n) is 9.22. The van der Waals surface area contributed by atoms with E-state index in [0.717, 1.165) is 48.2 Å². The molecule has 0 bridgehead atoms. The van der Waals surface area contributed by atoms with Crippen LogP contribution in [0.4, 0.5) is 0 Å². The molecule has 0 aliphatic heterocycles. The average molecular weight is 358 g/mol. The second-order valence-electron chi connectivity index (χ2n) is 6.36. The summed E-state index contributed by atoms with van der Waals surface area (Å²) in [6.45, 7) is 11.2. The van der Waals surface area contributed by atoms with Crippen LogP contribution in [0.5, 0.6) is 5.75 Å². The first-order valence-corrected chi connectivity index (χ1v) is 9.22. The van der Waals surface area contributed by atoms with E-state index < -0.39 is 0 Å². The molecule has 0 atom stereocenters. The Morgan fingerprint density at radius 3 is 2.62 bits per heavy atom. The Morgan fingerprint density at radius 1 is 1.19 bits per heavy atom. The lowest BCUT2D eigenvalue weighted by Crippen LogP contribution is -2.38. The van der Waals surface area contributed by atoms with Gasteiger partial charge in [-0.3, -0.25) is 4.68 Å². The van der Waals surface area contributed by atoms with Gasteiger partial charge in [0.15, 0.2) is 5.96 Å². The Bertz CT molecular complexity index is 736. The molecule has 0 saturated carbocycles. The summed E-state index contributed by atoms with van der Waals surface area (Å²) >= 11 is 0. The SMILES string of the molecule is CCNC(=NCc1c(C)nn(C)c1C)NCCCOc1ccccc1C. The molecular weight excluding hydrogens is 326 g/mol. The smallest absolute Gasteiger partial charge is 0.191 e. The second-order valence-corrected chi connectivity index (χ2v) is 6.36. The standard InChI is InChI=1S/C20H31N5O/c1-6-21-20(23-14-18-16(3)24-25(5)17(18)4)22-12-9-13-26-19-11-8-7-10-15(19)2/h7-8,10-11H,6,9,12-14H2,1-5H3,(H2,21,22,23). The van der Waals surface area contributed by atoms with Gasteiger partial charge in [0.05, 0.1) is 18.8 Å². The zero-order chi connectivity index (χ0) is 18.9. The number of hydrogen-bond acceptors (Lipinski definition) is 3. The summed E-state index contributed by atoms with van der Waals surface area (Å²) in [5.74, 6) is 1.78. The molecule has 1 aromatic heterocycles. The fourth-order valence-electron chi connectivity index (χ4n) is 2.73. The molecule has 0 aliphatic carbocycles. The van der Waals surface area contributed by atoms with Gasteiger partial charge in [-0.1, -0.05) is 18.2 Å². The van der Waals surface area contributed by atoms with Gasteiger partial charge in [-0.15, -0.1) is 0 Å². The molecule has 1 aromatic carbocycles. The monoisotopic (exact) mass is 357 g/mol. The molecule has 26 heavy (non-hydrogen) atoms. The van der Waals surface area contributed by atoms with Gasteiger partial charge in [0.25, 0.3) is 0 Å². The molecule has 0 aliphatic rings. The van der Waals surface area contributed by atoms with Crippen LogP contribution in [0.15, 0.2) is 29.3 Å². The molecule has 0 unspecified atom stereocenters. The fourth-order valence-corrected chi connectivity index (χ4v) is 2.73. The van der Waals surface area contributed by atoms with Crippen LogP contribution in [0.25, 0.3) is 0 Å². The topological polar surface area (TPSA) is 63.5 Å². The molecular formula is C20H31N5O. The summed E-state index contributed by atoms with van der Waals surface area (Å²) in [5, 5.41) is 11.1. The van der Waals surface area contributed by atoms with Crippen LogP contribution in [0, 0.1) is 20.8 Å². The van der Waals surface area contributed by atoms with Crippen LogP contribution >= 0.6 is 0 Å². The molecule has 142 valence electrons. The molecule has 0 fully saturated rings. The number of nitrogens with one attached hydrogen (secondary N) is 2. The van der Waals surface area contributed by atoms with Crippen LogP contribution in [0.3, 0.4) is 0 Å². The second kappa shape index (κ2) is 9.85. The summed E-state index contributed by atoms with van der Waals surface area (Å²) in [7, 11) is 1.97. The minimum atomic E-state index is 0.626. The third-order valence-electron chi connectivity index (χ3n) is 4.36. The first-order chi connectivity index (χ1) is 12.5. The van der Waals surface area contributed by atoms with Crippen molar-refractivity contribution in [2.24, 2.45) is 12.0 Å². The van der Waals surface area contributed by atoms with Crippen LogP contribution in [0.1, 0.15) is 35.9 Å². The zero-order valence-corrected chi connectivity index (χ0v) is 16.6. The quantitative estimate of drug-likeness (QED) is 0.433. The van der Waals surface area contributed by atoms with Gasteiger partial charge in [-0.25, -0.2) is 4.99 Å². The molecule has 0 spiro atoms. The Hall–Kier alpha value is -2.50. The Morgan fingerprint density at radius 2 is 1.96 bits per heavy atom. The lowest BCUT2D eigenvalue weighted by Gasteiger charge is -2.12. The minimum absolute atomic E-state index is 0.626. The minimum Gasteiger partial charge on any atom is -0.493 e. The molecule has 2 N–H and O–H groups in total. The third-order valence-corrected chi connectivity index (χ3v) is 4.36. The van der Waals surface area contributed by atoms with E-state index in [2.05, 4.69) is 47.6 Å². The van der Waals surface area contributed by atoms with E-state index >= 15 is 0 Å². The fraction of sp³-hybridized carbons (Fsp3) is 0.500. The normalized spacial score (nSPS) is 11.5. The van der Waals surface area contributed by atoms with Crippen molar-refractivity contribution < 1.29 is 4.74 Å². The first kappa shape index (κ1) is 19.8. The van der Waals surface area contributed by atoms with Crippen molar-refractivity contribution in [2.75, 3.05) is 19.7 Å². The molecule has 0 saturated heterocycles. The molecule has 2 rings (SSSR count). The molecule has 1 heterocycles. The van der Waals surface area contributed by atoms with Crippen LogP contribution in [-0.2, 0) is 13.6 Å². The summed E-state index contributed by atoms with van der Waals surface area (Å²) in [6, 6.07) is 8.09. The maximum atomic E-state index is 5.83. The van der Waals surface area contributed by atoms with E-state index in [1.807, 2.05) is 36.9 Å². The van der Waals surface area contributed by atoms with Crippen LogP contribution < -0.4 is 15.4 Å². The van der Waals surface area contributed by atoms with Gasteiger partial charge >= 0.3 is 0 Å². The third kappa shape index (κ3) is 5.51. The van der Waals surface area contributed by atoms with Crippen LogP contribution in [0.2, 0.25) is 0 Å². The zero-order valence-electron chi connectivity index (χ0n) is 16.6. The Labute approximate surface area is 156 Å². The number of benzene rings is 1. The highest BCUT2D eigenvalue weighted by molar-refractivity contribution is 5.79. The van der Waals surface area contributed by atoms with Gasteiger partial charge in [-0.2, -0.15) is 5.10 Å². The highest BCUT2D eigenvalue weighted by Crippen LogP contribution is 2.16. The van der Waals surface area contributed by atoms with Crippen molar-refractivity contribution in [3.63, 3.8) is 0 Å². The van der Waals surface area contributed by atoms with E-state index in [4.69, 9.17) is 4.74 Å². The molecule has 0 radical (unpaired) electrons. The van der Waals surface area contributed by atoms with E-state index in [0.29, 0.717) is 13.2 Å². The highest BCUT2D eigenvalue weighted by Gasteiger charge is 2.09. The van der Waals surface area contributed by atoms with Gasteiger partial charge in [-0.05, 0) is 45.7 Å². The summed E-state index contributed by atoms with van der Waals surface area (Å²) in [5.41, 5.74) is 4.55. The predicted octanol–water partition coefficient (Wildman–Crippen LogP) is 2.87. The van der Waals surface area contributed by atoms with Crippen molar-refractivity contribution in [2.45, 2.75) is 40.7 Å². The number of aryl methyl sites for hydroxylation is 3. The lowest BCUT2D eigenvalue weighted by molar-refractivity contribution is 0.309. The summed E-state index contributed by atoms with van der Waals surface area (Å²) in [4.78, 5) is 4.69. The van der Waals surface area contributed by atoms with E-state index in [9.17, 15) is 0 Å². The molecule has 2 aromatic rings. The van der Waals surface area contributed by atoms with E-state index in [-0.39, 0.29) is 0 Å². The number of aliphatic imine (C=N–C) groups is 1. The van der Waals surface area contributed by atoms with Crippen molar-refractivity contribution in [1.82, 2.24) is 20.4 Å². The van der Waals surface area contributed by atoms with Crippen molar-refractivity contribution in [1.29, 1.82) is 0 Å². The molecule has 0 amide bonds. The number of para-hydroxylation sites is 1. The molecule has 6 nitrogen and oxygen atoms in total. The maximum Gasteiger partial charge on any atom is 0.191 e. The van der Waals surface area contributed by atoms with E-state index in [1.54, 1.807) is 0 Å². The lowest BCUT2D eigenvalue weighted by atomic mass is 10.2. The number of rotatable bonds is 8. The van der Waals surface area contributed by atoms with Gasteiger partial charge < -0.3 is 15.4 Å². The van der Waals surface area contributed by atoms with Crippen molar-refractivity contribution >= 4 is 5.96 Å². The summed E-state index contributed by atoms with van der Waals surface area (Å²) in [6.07, 6.45) is 0.906. The van der Waals surface area contributed by atoms with E-state index in [1.165, 1.54) is 5.56 Å². The number of hydrogen-bond donors (Lipinski definition) is 2. The predicted molar refractivity (Wildman–Crippen MR) is 107 cm³/mol. The Kier molecular flexibility index (Phi) is 7.51. The highest BCUT2D eigenvalue weighted by atomic mass is 16.5. The van der Waals surface area contributed by atoms with Crippen molar-refractivity contribution in [3.8, 4) is 5.75 Å². The van der Waals surface area contributed by atoms with Gasteiger partial charge in [0.2, 0.25) is 0 Å². The maximum absolute atomic E-state index is 5.83.